The van der Waals surface area contributed by atoms with Gasteiger partial charge in [-0.1, -0.05) is 18.2 Å². The molecule has 1 aromatic heterocycles. The molecule has 2 aromatic carbocycles. The number of rotatable bonds is 4. The smallest absolute Gasteiger partial charge is 0.378 e. The van der Waals surface area contributed by atoms with E-state index in [1.165, 1.54) is 35.2 Å². The van der Waals surface area contributed by atoms with E-state index in [0.717, 1.165) is 6.07 Å². The second kappa shape index (κ2) is 8.45. The van der Waals surface area contributed by atoms with Crippen molar-refractivity contribution in [3.63, 3.8) is 0 Å². The molecule has 0 aliphatic carbocycles. The molecule has 0 radical (unpaired) electrons. The van der Waals surface area contributed by atoms with Crippen LogP contribution in [0.5, 0.6) is 0 Å². The van der Waals surface area contributed by atoms with Crippen LogP contribution in [0.1, 0.15) is 16.2 Å². The lowest BCUT2D eigenvalue weighted by atomic mass is 10.0. The number of amides is 1. The predicted molar refractivity (Wildman–Crippen MR) is 103 cm³/mol. The van der Waals surface area contributed by atoms with Crippen molar-refractivity contribution in [1.29, 1.82) is 0 Å². The van der Waals surface area contributed by atoms with E-state index in [9.17, 15) is 31.1 Å². The first kappa shape index (κ1) is 22.1. The van der Waals surface area contributed by atoms with Gasteiger partial charge in [-0.15, -0.1) is 0 Å². The zero-order chi connectivity index (χ0) is 23.0. The van der Waals surface area contributed by atoms with Gasteiger partial charge in [0.2, 0.25) is 5.82 Å². The van der Waals surface area contributed by atoms with Gasteiger partial charge in [-0.2, -0.15) is 13.2 Å². The highest BCUT2D eigenvalue weighted by Crippen LogP contribution is 2.36. The summed E-state index contributed by atoms with van der Waals surface area (Å²) in [5.74, 6) is -2.72. The lowest BCUT2D eigenvalue weighted by Crippen LogP contribution is -2.40. The van der Waals surface area contributed by atoms with Crippen LogP contribution in [0.2, 0.25) is 0 Å². The van der Waals surface area contributed by atoms with E-state index in [1.54, 1.807) is 0 Å². The molecule has 0 unspecified atom stereocenters. The quantitative estimate of drug-likeness (QED) is 0.539. The van der Waals surface area contributed by atoms with E-state index >= 15 is 0 Å². The van der Waals surface area contributed by atoms with Crippen molar-refractivity contribution in [2.45, 2.75) is 19.1 Å². The molecule has 170 valence electrons. The molecule has 1 fully saturated rings. The van der Waals surface area contributed by atoms with Gasteiger partial charge in [0.1, 0.15) is 5.82 Å². The number of hydrogen-bond donors (Lipinski definition) is 0. The summed E-state index contributed by atoms with van der Waals surface area (Å²) in [6.07, 6.45) is -8.02. The summed E-state index contributed by atoms with van der Waals surface area (Å²) in [7, 11) is 0. The number of imidazole rings is 1. The van der Waals surface area contributed by atoms with Crippen LogP contribution in [0, 0.1) is 5.82 Å². The molecule has 2 heterocycles. The summed E-state index contributed by atoms with van der Waals surface area (Å²) in [5, 5.41) is 0. The average Bonchev–Trinajstić information content (AvgIpc) is 3.12. The summed E-state index contributed by atoms with van der Waals surface area (Å²) in [4.78, 5) is 17.6. The Morgan fingerprint density at radius 1 is 1.09 bits per heavy atom. The second-order valence-corrected chi connectivity index (χ2v) is 7.21. The maximum absolute atomic E-state index is 15.0. The zero-order valence-corrected chi connectivity index (χ0v) is 16.5. The number of fused-ring (bicyclic) bond motifs is 1. The number of nitrogens with zero attached hydrogens (tertiary/aromatic N) is 3. The van der Waals surface area contributed by atoms with Crippen molar-refractivity contribution in [3.8, 4) is 11.1 Å². The van der Waals surface area contributed by atoms with Crippen LogP contribution in [-0.2, 0) is 17.5 Å². The number of carbonyl (C=O) groups is 1. The normalized spacial score (nSPS) is 15.0. The van der Waals surface area contributed by atoms with E-state index in [0.29, 0.717) is 30.9 Å². The molecular weight excluding hydrogens is 440 g/mol. The number of halogens is 6. The SMILES string of the molecule is O=C(c1ccc(-c2cccc3c2nc(C(F)(F)F)n3CC(F)F)c(F)c1)N1CCOCC1. The molecule has 1 saturated heterocycles. The van der Waals surface area contributed by atoms with Crippen LogP contribution in [0.3, 0.4) is 0 Å². The Balaban J connectivity index is 1.78. The lowest BCUT2D eigenvalue weighted by molar-refractivity contribution is -0.147. The molecule has 5 nitrogen and oxygen atoms in total. The molecule has 11 heteroatoms. The van der Waals surface area contributed by atoms with Crippen LogP contribution in [0.15, 0.2) is 36.4 Å². The number of alkyl halides is 5. The van der Waals surface area contributed by atoms with Crippen molar-refractivity contribution >= 4 is 16.9 Å². The number of para-hydroxylation sites is 1. The summed E-state index contributed by atoms with van der Waals surface area (Å²) in [6.45, 7) is 0.269. The summed E-state index contributed by atoms with van der Waals surface area (Å²) >= 11 is 0. The number of ether oxygens (including phenoxy) is 1. The molecule has 0 N–H and O–H groups in total. The first-order valence-corrected chi connectivity index (χ1v) is 9.68. The van der Waals surface area contributed by atoms with Gasteiger partial charge in [-0.3, -0.25) is 4.79 Å². The van der Waals surface area contributed by atoms with Gasteiger partial charge in [0, 0.05) is 29.8 Å². The third-order valence-electron chi connectivity index (χ3n) is 5.16. The Labute approximate surface area is 178 Å². The second-order valence-electron chi connectivity index (χ2n) is 7.21. The third-order valence-corrected chi connectivity index (χ3v) is 5.16. The molecule has 1 aliphatic heterocycles. The Hall–Kier alpha value is -3.08. The largest absolute Gasteiger partial charge is 0.449 e. The van der Waals surface area contributed by atoms with Gasteiger partial charge in [0.25, 0.3) is 12.3 Å². The lowest BCUT2D eigenvalue weighted by Gasteiger charge is -2.27. The monoisotopic (exact) mass is 457 g/mol. The molecule has 4 rings (SSSR count). The number of benzene rings is 2. The Bertz CT molecular complexity index is 1150. The third kappa shape index (κ3) is 4.16. The Morgan fingerprint density at radius 3 is 2.44 bits per heavy atom. The topological polar surface area (TPSA) is 47.4 Å². The molecule has 3 aromatic rings. The Kier molecular flexibility index (Phi) is 5.85. The van der Waals surface area contributed by atoms with E-state index in [4.69, 9.17) is 4.74 Å². The summed E-state index contributed by atoms with van der Waals surface area (Å²) in [5.41, 5.74) is -0.456. The summed E-state index contributed by atoms with van der Waals surface area (Å²) in [6, 6.07) is 7.56. The van der Waals surface area contributed by atoms with E-state index in [2.05, 4.69) is 4.98 Å². The van der Waals surface area contributed by atoms with Crippen LogP contribution < -0.4 is 0 Å². The average molecular weight is 457 g/mol. The van der Waals surface area contributed by atoms with Gasteiger partial charge in [-0.05, 0) is 18.2 Å². The number of morpholine rings is 1. The van der Waals surface area contributed by atoms with E-state index < -0.39 is 36.7 Å². The van der Waals surface area contributed by atoms with E-state index in [-0.39, 0.29) is 27.7 Å². The molecule has 0 bridgehead atoms. The fourth-order valence-corrected chi connectivity index (χ4v) is 3.72. The summed E-state index contributed by atoms with van der Waals surface area (Å²) < 4.78 is 86.7. The molecule has 1 aliphatic rings. The highest BCUT2D eigenvalue weighted by molar-refractivity contribution is 5.96. The minimum atomic E-state index is -4.97. The number of hydrogen-bond acceptors (Lipinski definition) is 3. The van der Waals surface area contributed by atoms with Crippen molar-refractivity contribution in [2.24, 2.45) is 0 Å². The maximum atomic E-state index is 15.0. The number of aromatic nitrogens is 2. The van der Waals surface area contributed by atoms with Gasteiger partial charge >= 0.3 is 6.18 Å². The predicted octanol–water partition coefficient (Wildman–Crippen LogP) is 4.60. The van der Waals surface area contributed by atoms with Crippen LogP contribution >= 0.6 is 0 Å². The number of carbonyl (C=O) groups excluding carboxylic acids is 1. The van der Waals surface area contributed by atoms with Gasteiger partial charge in [-0.25, -0.2) is 18.2 Å². The molecular formula is C21H17F6N3O2. The molecule has 32 heavy (non-hydrogen) atoms. The molecule has 0 spiro atoms. The highest BCUT2D eigenvalue weighted by Gasteiger charge is 2.38. The van der Waals surface area contributed by atoms with Crippen LogP contribution in [-0.4, -0.2) is 53.1 Å². The highest BCUT2D eigenvalue weighted by atomic mass is 19.4. The van der Waals surface area contributed by atoms with Crippen molar-refractivity contribution < 1.29 is 35.9 Å². The first-order chi connectivity index (χ1) is 15.2. The van der Waals surface area contributed by atoms with Crippen LogP contribution in [0.4, 0.5) is 26.3 Å². The molecule has 1 amide bonds. The minimum Gasteiger partial charge on any atom is -0.378 e. The van der Waals surface area contributed by atoms with Crippen molar-refractivity contribution in [3.05, 3.63) is 53.6 Å². The van der Waals surface area contributed by atoms with Crippen LogP contribution in [0.25, 0.3) is 22.2 Å². The first-order valence-electron chi connectivity index (χ1n) is 9.68. The zero-order valence-electron chi connectivity index (χ0n) is 16.5. The van der Waals surface area contributed by atoms with E-state index in [1.807, 2.05) is 0 Å². The molecule has 0 atom stereocenters. The standard InChI is InChI=1S/C21H17F6N3O2/c22-15-10-12(19(31)29-6-8-32-9-7-29)4-5-13(15)14-2-1-3-16-18(14)28-20(21(25,26)27)30(16)11-17(23)24/h1-5,10,17H,6-9,11H2. The van der Waals surface area contributed by atoms with Gasteiger partial charge in [0.05, 0.1) is 30.8 Å². The van der Waals surface area contributed by atoms with Gasteiger partial charge in [0.15, 0.2) is 0 Å². The van der Waals surface area contributed by atoms with Crippen molar-refractivity contribution in [1.82, 2.24) is 14.5 Å². The minimum absolute atomic E-state index is 0.00360. The van der Waals surface area contributed by atoms with Crippen molar-refractivity contribution in [2.75, 3.05) is 26.3 Å². The fraction of sp³-hybridized carbons (Fsp3) is 0.333. The Morgan fingerprint density at radius 2 is 1.81 bits per heavy atom. The fourth-order valence-electron chi connectivity index (χ4n) is 3.72. The maximum Gasteiger partial charge on any atom is 0.449 e. The molecule has 0 saturated carbocycles. The van der Waals surface area contributed by atoms with Gasteiger partial charge < -0.3 is 14.2 Å².